The lowest BCUT2D eigenvalue weighted by molar-refractivity contribution is -0.118. The maximum absolute atomic E-state index is 12.9. The minimum atomic E-state index is -0.405. The molecule has 3 aromatic carbocycles. The van der Waals surface area contributed by atoms with Gasteiger partial charge in [0.15, 0.2) is 6.61 Å². The molecule has 9 heteroatoms. The van der Waals surface area contributed by atoms with E-state index in [0.29, 0.717) is 53.6 Å². The van der Waals surface area contributed by atoms with Crippen LogP contribution in [0.5, 0.6) is 5.75 Å². The quantitative estimate of drug-likeness (QED) is 0.312. The van der Waals surface area contributed by atoms with E-state index in [9.17, 15) is 9.59 Å². The van der Waals surface area contributed by atoms with Crippen LogP contribution in [-0.4, -0.2) is 12.5 Å². The van der Waals surface area contributed by atoms with Crippen LogP contribution in [0.15, 0.2) is 70.1 Å². The molecule has 0 radical (unpaired) electrons. The number of fused-ring (bicyclic) bond motifs is 1. The Labute approximate surface area is 202 Å². The second-order valence-corrected chi connectivity index (χ2v) is 8.47. The van der Waals surface area contributed by atoms with Crippen LogP contribution in [-0.2, 0) is 4.79 Å². The SMILES string of the molecule is O=C(COc1ccc2c(=O)c(-c3ccc(Cl)cc3Cl)coc2c1)Nc1cc(Cl)cc(Cl)c1. The Hall–Kier alpha value is -2.70. The summed E-state index contributed by atoms with van der Waals surface area (Å²) >= 11 is 24.0. The molecule has 1 amide bonds. The number of carbonyl (C=O) groups excluding carboxylic acids is 1. The molecular weight excluding hydrogens is 496 g/mol. The zero-order valence-electron chi connectivity index (χ0n) is 16.1. The van der Waals surface area contributed by atoms with Crippen LogP contribution in [0.25, 0.3) is 22.1 Å². The summed E-state index contributed by atoms with van der Waals surface area (Å²) in [5.41, 5.74) is 1.34. The van der Waals surface area contributed by atoms with Gasteiger partial charge in [0.1, 0.15) is 17.6 Å². The number of hydrogen-bond acceptors (Lipinski definition) is 4. The average Bonchev–Trinajstić information content (AvgIpc) is 2.72. The molecule has 0 spiro atoms. The highest BCUT2D eigenvalue weighted by Crippen LogP contribution is 2.30. The second kappa shape index (κ2) is 9.43. The van der Waals surface area contributed by atoms with Crippen LogP contribution in [0.2, 0.25) is 20.1 Å². The fraction of sp³-hybridized carbons (Fsp3) is 0.0435. The molecule has 1 aromatic heterocycles. The minimum absolute atomic E-state index is 0.252. The van der Waals surface area contributed by atoms with E-state index in [2.05, 4.69) is 5.32 Å². The van der Waals surface area contributed by atoms with Gasteiger partial charge in [-0.3, -0.25) is 9.59 Å². The lowest BCUT2D eigenvalue weighted by Crippen LogP contribution is -2.20. The molecule has 0 bridgehead atoms. The monoisotopic (exact) mass is 507 g/mol. The van der Waals surface area contributed by atoms with E-state index in [-0.39, 0.29) is 12.0 Å². The van der Waals surface area contributed by atoms with Crippen LogP contribution in [0.4, 0.5) is 5.69 Å². The third-order valence-electron chi connectivity index (χ3n) is 4.48. The molecule has 0 aliphatic rings. The van der Waals surface area contributed by atoms with Gasteiger partial charge in [-0.2, -0.15) is 0 Å². The van der Waals surface area contributed by atoms with Crippen molar-refractivity contribution in [2.75, 3.05) is 11.9 Å². The Morgan fingerprint density at radius 2 is 1.62 bits per heavy atom. The van der Waals surface area contributed by atoms with Gasteiger partial charge in [-0.05, 0) is 42.5 Å². The van der Waals surface area contributed by atoms with E-state index < -0.39 is 5.91 Å². The van der Waals surface area contributed by atoms with Crippen molar-refractivity contribution in [1.29, 1.82) is 0 Å². The fourth-order valence-electron chi connectivity index (χ4n) is 3.06. The molecule has 1 heterocycles. The highest BCUT2D eigenvalue weighted by Gasteiger charge is 2.13. The summed E-state index contributed by atoms with van der Waals surface area (Å²) in [6.07, 6.45) is 1.33. The molecule has 0 fully saturated rings. The molecule has 1 N–H and O–H groups in total. The predicted octanol–water partition coefficient (Wildman–Crippen LogP) is 7.09. The third kappa shape index (κ3) is 5.03. The van der Waals surface area contributed by atoms with E-state index >= 15 is 0 Å². The van der Waals surface area contributed by atoms with Gasteiger partial charge in [-0.1, -0.05) is 52.5 Å². The number of amides is 1. The zero-order valence-corrected chi connectivity index (χ0v) is 19.1. The van der Waals surface area contributed by atoms with E-state index in [1.54, 1.807) is 48.5 Å². The van der Waals surface area contributed by atoms with Crippen molar-refractivity contribution >= 4 is 69.0 Å². The van der Waals surface area contributed by atoms with Gasteiger partial charge in [-0.15, -0.1) is 0 Å². The summed E-state index contributed by atoms with van der Waals surface area (Å²) in [5, 5.41) is 4.60. The first-order chi connectivity index (χ1) is 15.3. The van der Waals surface area contributed by atoms with Crippen molar-refractivity contribution in [1.82, 2.24) is 0 Å². The smallest absolute Gasteiger partial charge is 0.262 e. The first-order valence-electron chi connectivity index (χ1n) is 9.20. The van der Waals surface area contributed by atoms with E-state index in [0.717, 1.165) is 0 Å². The van der Waals surface area contributed by atoms with Crippen molar-refractivity contribution in [2.45, 2.75) is 0 Å². The van der Waals surface area contributed by atoms with Gasteiger partial charge in [0.2, 0.25) is 5.43 Å². The lowest BCUT2D eigenvalue weighted by Gasteiger charge is -2.09. The summed E-state index contributed by atoms with van der Waals surface area (Å²) in [4.78, 5) is 25.1. The number of benzene rings is 3. The molecule has 0 atom stereocenters. The molecule has 32 heavy (non-hydrogen) atoms. The lowest BCUT2D eigenvalue weighted by atomic mass is 10.1. The maximum Gasteiger partial charge on any atom is 0.262 e. The molecule has 0 aliphatic heterocycles. The highest BCUT2D eigenvalue weighted by molar-refractivity contribution is 6.36. The highest BCUT2D eigenvalue weighted by atomic mass is 35.5. The number of ether oxygens (including phenoxy) is 1. The maximum atomic E-state index is 12.9. The summed E-state index contributed by atoms with van der Waals surface area (Å²) in [6.45, 7) is -0.266. The first-order valence-corrected chi connectivity index (χ1v) is 10.7. The number of halogens is 4. The fourth-order valence-corrected chi connectivity index (χ4v) is 4.10. The van der Waals surface area contributed by atoms with Crippen molar-refractivity contribution in [3.05, 3.63) is 91.2 Å². The minimum Gasteiger partial charge on any atom is -0.484 e. The van der Waals surface area contributed by atoms with E-state index in [1.807, 2.05) is 0 Å². The molecule has 0 saturated carbocycles. The standard InChI is InChI=1S/C23H13Cl4NO4/c24-12-1-3-17(20(27)8-12)19-10-32-21-9-16(2-4-18(21)23(19)30)31-11-22(29)28-15-6-13(25)5-14(26)7-15/h1-10H,11H2,(H,28,29). The molecular formula is C23H13Cl4NO4. The Morgan fingerprint density at radius 3 is 2.34 bits per heavy atom. The van der Waals surface area contributed by atoms with Gasteiger partial charge in [0.05, 0.1) is 16.0 Å². The van der Waals surface area contributed by atoms with Gasteiger partial charge in [0, 0.05) is 32.4 Å². The van der Waals surface area contributed by atoms with Gasteiger partial charge in [-0.25, -0.2) is 0 Å². The molecule has 4 rings (SSSR count). The van der Waals surface area contributed by atoms with E-state index in [1.165, 1.54) is 12.3 Å². The molecule has 0 unspecified atom stereocenters. The topological polar surface area (TPSA) is 68.5 Å². The van der Waals surface area contributed by atoms with Crippen molar-refractivity contribution in [3.63, 3.8) is 0 Å². The van der Waals surface area contributed by atoms with Gasteiger partial charge >= 0.3 is 0 Å². The summed E-state index contributed by atoms with van der Waals surface area (Å²) in [5.74, 6) is -0.0465. The Kier molecular flexibility index (Phi) is 6.63. The van der Waals surface area contributed by atoms with Gasteiger partial charge < -0.3 is 14.5 Å². The van der Waals surface area contributed by atoms with Crippen LogP contribution >= 0.6 is 46.4 Å². The van der Waals surface area contributed by atoms with Crippen molar-refractivity contribution in [3.8, 4) is 16.9 Å². The molecule has 5 nitrogen and oxygen atoms in total. The average molecular weight is 509 g/mol. The number of anilines is 1. The van der Waals surface area contributed by atoms with Crippen molar-refractivity contribution in [2.24, 2.45) is 0 Å². The number of carbonyl (C=O) groups is 1. The van der Waals surface area contributed by atoms with Crippen LogP contribution in [0.3, 0.4) is 0 Å². The Morgan fingerprint density at radius 1 is 0.875 bits per heavy atom. The van der Waals surface area contributed by atoms with Crippen LogP contribution in [0, 0.1) is 0 Å². The molecule has 162 valence electrons. The van der Waals surface area contributed by atoms with E-state index in [4.69, 9.17) is 55.6 Å². The van der Waals surface area contributed by atoms with Crippen LogP contribution in [0.1, 0.15) is 0 Å². The van der Waals surface area contributed by atoms with Crippen molar-refractivity contribution < 1.29 is 13.9 Å². The number of hydrogen-bond donors (Lipinski definition) is 1. The Balaban J connectivity index is 1.51. The first kappa shape index (κ1) is 22.5. The predicted molar refractivity (Wildman–Crippen MR) is 129 cm³/mol. The summed E-state index contributed by atoms with van der Waals surface area (Å²) in [6, 6.07) is 14.2. The normalized spacial score (nSPS) is 10.9. The largest absolute Gasteiger partial charge is 0.484 e. The molecule has 0 aliphatic carbocycles. The zero-order chi connectivity index (χ0) is 22.8. The summed E-state index contributed by atoms with van der Waals surface area (Å²) < 4.78 is 11.2. The molecule has 4 aromatic rings. The summed E-state index contributed by atoms with van der Waals surface area (Å²) in [7, 11) is 0. The molecule has 0 saturated heterocycles. The third-order valence-corrected chi connectivity index (χ3v) is 5.47. The number of nitrogens with one attached hydrogen (secondary N) is 1. The van der Waals surface area contributed by atoms with Crippen LogP contribution < -0.4 is 15.5 Å². The van der Waals surface area contributed by atoms with Gasteiger partial charge in [0.25, 0.3) is 5.91 Å². The second-order valence-electron chi connectivity index (χ2n) is 6.76. The Bertz CT molecular complexity index is 1380. The number of rotatable bonds is 5.